The van der Waals surface area contributed by atoms with E-state index in [0.29, 0.717) is 12.2 Å². The first kappa shape index (κ1) is 16.2. The zero-order valence-electron chi connectivity index (χ0n) is 14.0. The van der Waals surface area contributed by atoms with Crippen LogP contribution in [-0.4, -0.2) is 60.3 Å². The molecule has 0 aliphatic carbocycles. The molecule has 0 unspecified atom stereocenters. The van der Waals surface area contributed by atoms with Crippen LogP contribution in [-0.2, 0) is 6.42 Å². The highest BCUT2D eigenvalue weighted by Gasteiger charge is 2.20. The lowest BCUT2D eigenvalue weighted by Gasteiger charge is -2.32. The molecule has 1 N–H and O–H groups in total. The lowest BCUT2D eigenvalue weighted by molar-refractivity contribution is 0.0940. The van der Waals surface area contributed by atoms with Crippen LogP contribution in [0.25, 0.3) is 0 Å². The maximum absolute atomic E-state index is 12.6. The molecule has 1 fully saturated rings. The van der Waals surface area contributed by atoms with Crippen molar-refractivity contribution in [2.45, 2.75) is 40.0 Å². The van der Waals surface area contributed by atoms with Crippen molar-refractivity contribution in [3.05, 3.63) is 22.5 Å². The Labute approximate surface area is 128 Å². The number of Topliss-reactive ketones (excluding diaryl/α,β-unsaturated/α-hetero) is 1. The van der Waals surface area contributed by atoms with Gasteiger partial charge < -0.3 is 14.8 Å². The van der Waals surface area contributed by atoms with Crippen molar-refractivity contribution in [1.29, 1.82) is 0 Å². The molecule has 1 aromatic rings. The van der Waals surface area contributed by atoms with Crippen LogP contribution in [0.3, 0.4) is 0 Å². The minimum absolute atomic E-state index is 0.305. The molecule has 1 aliphatic rings. The number of nitrogens with one attached hydrogen (secondary N) is 1. The molecule has 0 amide bonds. The summed E-state index contributed by atoms with van der Waals surface area (Å²) in [7, 11) is 2.16. The van der Waals surface area contributed by atoms with E-state index in [1.54, 1.807) is 0 Å². The molecule has 0 bridgehead atoms. The Balaban J connectivity index is 1.97. The Morgan fingerprint density at radius 2 is 1.81 bits per heavy atom. The van der Waals surface area contributed by atoms with Gasteiger partial charge in [-0.25, -0.2) is 0 Å². The number of H-pyrrole nitrogens is 1. The summed E-state index contributed by atoms with van der Waals surface area (Å²) in [5.41, 5.74) is 4.40. The molecule has 0 saturated carbocycles. The third-order valence-electron chi connectivity index (χ3n) is 4.53. The Bertz CT molecular complexity index is 484. The Morgan fingerprint density at radius 1 is 1.14 bits per heavy atom. The van der Waals surface area contributed by atoms with Gasteiger partial charge in [-0.1, -0.05) is 13.3 Å². The second-order valence-corrected chi connectivity index (χ2v) is 6.30. The fourth-order valence-corrected chi connectivity index (χ4v) is 3.23. The summed E-state index contributed by atoms with van der Waals surface area (Å²) in [5.74, 6) is 0.305. The SMILES string of the molecule is CCCc1c(C)[nH]c(C)c1C(=O)CCN1CCN(C)CC1. The molecule has 2 rings (SSSR count). The third kappa shape index (κ3) is 3.95. The number of carbonyl (C=O) groups is 1. The van der Waals surface area contributed by atoms with E-state index in [4.69, 9.17) is 0 Å². The molecule has 21 heavy (non-hydrogen) atoms. The first-order valence-electron chi connectivity index (χ1n) is 8.15. The first-order valence-corrected chi connectivity index (χ1v) is 8.15. The van der Waals surface area contributed by atoms with Gasteiger partial charge in [0.1, 0.15) is 0 Å². The van der Waals surface area contributed by atoms with Crippen molar-refractivity contribution >= 4 is 5.78 Å². The Morgan fingerprint density at radius 3 is 2.43 bits per heavy atom. The van der Waals surface area contributed by atoms with E-state index in [9.17, 15) is 4.79 Å². The lowest BCUT2D eigenvalue weighted by atomic mass is 9.99. The van der Waals surface area contributed by atoms with Crippen LogP contribution in [0.2, 0.25) is 0 Å². The molecule has 4 nitrogen and oxygen atoms in total. The zero-order valence-corrected chi connectivity index (χ0v) is 14.0. The van der Waals surface area contributed by atoms with Crippen LogP contribution in [0, 0.1) is 13.8 Å². The smallest absolute Gasteiger partial charge is 0.166 e. The van der Waals surface area contributed by atoms with Crippen molar-refractivity contribution in [3.8, 4) is 0 Å². The van der Waals surface area contributed by atoms with E-state index in [2.05, 4.69) is 35.7 Å². The maximum Gasteiger partial charge on any atom is 0.166 e. The highest BCUT2D eigenvalue weighted by molar-refractivity contribution is 5.99. The van der Waals surface area contributed by atoms with Crippen molar-refractivity contribution in [2.75, 3.05) is 39.8 Å². The highest BCUT2D eigenvalue weighted by atomic mass is 16.1. The second kappa shape index (κ2) is 7.23. The topological polar surface area (TPSA) is 39.3 Å². The molecule has 0 atom stereocenters. The Hall–Kier alpha value is -1.13. The predicted octanol–water partition coefficient (Wildman–Crippen LogP) is 2.40. The number of aromatic nitrogens is 1. The van der Waals surface area contributed by atoms with Gasteiger partial charge >= 0.3 is 0 Å². The quantitative estimate of drug-likeness (QED) is 0.818. The van der Waals surface area contributed by atoms with Gasteiger partial charge in [0.05, 0.1) is 0 Å². The number of nitrogens with zero attached hydrogens (tertiary/aromatic N) is 2. The summed E-state index contributed by atoms with van der Waals surface area (Å²) in [6, 6.07) is 0. The molecule has 0 spiro atoms. The summed E-state index contributed by atoms with van der Waals surface area (Å²) in [5, 5.41) is 0. The zero-order chi connectivity index (χ0) is 15.4. The first-order chi connectivity index (χ1) is 10.0. The number of carbonyl (C=O) groups excluding carboxylic acids is 1. The van der Waals surface area contributed by atoms with Gasteiger partial charge in [-0.2, -0.15) is 0 Å². The average molecular weight is 291 g/mol. The molecule has 0 radical (unpaired) electrons. The predicted molar refractivity (Wildman–Crippen MR) is 87.1 cm³/mol. The molecule has 1 aromatic heterocycles. The third-order valence-corrected chi connectivity index (χ3v) is 4.53. The number of hydrogen-bond acceptors (Lipinski definition) is 3. The number of aromatic amines is 1. The Kier molecular flexibility index (Phi) is 5.59. The van der Waals surface area contributed by atoms with E-state index >= 15 is 0 Å². The fourth-order valence-electron chi connectivity index (χ4n) is 3.23. The minimum atomic E-state index is 0.305. The normalized spacial score (nSPS) is 17.3. The van der Waals surface area contributed by atoms with Gasteiger partial charge in [0.25, 0.3) is 0 Å². The highest BCUT2D eigenvalue weighted by Crippen LogP contribution is 2.21. The van der Waals surface area contributed by atoms with Crippen molar-refractivity contribution in [2.24, 2.45) is 0 Å². The molecular formula is C17H29N3O. The van der Waals surface area contributed by atoms with Gasteiger partial charge in [-0.05, 0) is 32.9 Å². The number of ketones is 1. The van der Waals surface area contributed by atoms with Gasteiger partial charge in [0.15, 0.2) is 5.78 Å². The standard InChI is InChI=1S/C17H29N3O/c1-5-6-15-13(2)18-14(3)17(15)16(21)7-8-20-11-9-19(4)10-12-20/h18H,5-12H2,1-4H3. The number of aryl methyl sites for hydroxylation is 2. The van der Waals surface area contributed by atoms with Crippen LogP contribution in [0.1, 0.15) is 47.1 Å². The van der Waals surface area contributed by atoms with Crippen molar-refractivity contribution < 1.29 is 4.79 Å². The lowest BCUT2D eigenvalue weighted by Crippen LogP contribution is -2.45. The molecule has 1 aliphatic heterocycles. The largest absolute Gasteiger partial charge is 0.362 e. The van der Waals surface area contributed by atoms with E-state index < -0.39 is 0 Å². The van der Waals surface area contributed by atoms with Crippen LogP contribution >= 0.6 is 0 Å². The molecule has 4 heteroatoms. The van der Waals surface area contributed by atoms with E-state index in [-0.39, 0.29) is 0 Å². The fraction of sp³-hybridized carbons (Fsp3) is 0.706. The monoisotopic (exact) mass is 291 g/mol. The average Bonchev–Trinajstić information content (AvgIpc) is 2.73. The van der Waals surface area contributed by atoms with Crippen LogP contribution in [0.5, 0.6) is 0 Å². The van der Waals surface area contributed by atoms with Gasteiger partial charge in [-0.15, -0.1) is 0 Å². The second-order valence-electron chi connectivity index (χ2n) is 6.30. The van der Waals surface area contributed by atoms with Crippen molar-refractivity contribution in [1.82, 2.24) is 14.8 Å². The maximum atomic E-state index is 12.6. The van der Waals surface area contributed by atoms with Gasteiger partial charge in [-0.3, -0.25) is 4.79 Å². The number of rotatable bonds is 6. The van der Waals surface area contributed by atoms with Crippen LogP contribution in [0.15, 0.2) is 0 Å². The molecule has 0 aromatic carbocycles. The molecule has 1 saturated heterocycles. The molecule has 2 heterocycles. The summed E-state index contributed by atoms with van der Waals surface area (Å²) in [6.45, 7) is 11.5. The number of likely N-dealkylation sites (N-methyl/N-ethyl adjacent to an activating group) is 1. The van der Waals surface area contributed by atoms with E-state index in [1.807, 2.05) is 6.92 Å². The number of piperazine rings is 1. The van der Waals surface area contributed by atoms with E-state index in [0.717, 1.165) is 62.5 Å². The van der Waals surface area contributed by atoms with Gasteiger partial charge in [0.2, 0.25) is 0 Å². The summed E-state index contributed by atoms with van der Waals surface area (Å²) < 4.78 is 0. The van der Waals surface area contributed by atoms with Crippen molar-refractivity contribution in [3.63, 3.8) is 0 Å². The summed E-state index contributed by atoms with van der Waals surface area (Å²) in [4.78, 5) is 20.7. The van der Waals surface area contributed by atoms with Gasteiger partial charge in [0, 0.05) is 56.1 Å². The summed E-state index contributed by atoms with van der Waals surface area (Å²) in [6.07, 6.45) is 2.71. The number of hydrogen-bond donors (Lipinski definition) is 1. The van der Waals surface area contributed by atoms with Crippen LogP contribution < -0.4 is 0 Å². The summed E-state index contributed by atoms with van der Waals surface area (Å²) >= 11 is 0. The molecule has 118 valence electrons. The molecular weight excluding hydrogens is 262 g/mol. The van der Waals surface area contributed by atoms with Crippen LogP contribution in [0.4, 0.5) is 0 Å². The minimum Gasteiger partial charge on any atom is -0.362 e. The van der Waals surface area contributed by atoms with E-state index in [1.165, 1.54) is 5.56 Å².